The lowest BCUT2D eigenvalue weighted by Gasteiger charge is -2.13. The van der Waals surface area contributed by atoms with E-state index in [1.54, 1.807) is 0 Å². The van der Waals surface area contributed by atoms with Crippen LogP contribution in [0.2, 0.25) is 5.02 Å². The summed E-state index contributed by atoms with van der Waals surface area (Å²) in [6.07, 6.45) is 4.63. The van der Waals surface area contributed by atoms with Crippen molar-refractivity contribution in [3.05, 3.63) is 34.9 Å². The summed E-state index contributed by atoms with van der Waals surface area (Å²) in [5.41, 5.74) is 0.940. The van der Waals surface area contributed by atoms with Gasteiger partial charge in [-0.05, 0) is 24.5 Å². The molecule has 1 aromatic carbocycles. The van der Waals surface area contributed by atoms with Crippen molar-refractivity contribution in [1.82, 2.24) is 10.6 Å². The Morgan fingerprint density at radius 2 is 2.00 bits per heavy atom. The summed E-state index contributed by atoms with van der Waals surface area (Å²) in [5, 5.41) is 6.50. The second-order valence-corrected chi connectivity index (χ2v) is 4.81. The zero-order valence-corrected chi connectivity index (χ0v) is 10.5. The van der Waals surface area contributed by atoms with Gasteiger partial charge in [-0.15, -0.1) is 0 Å². The van der Waals surface area contributed by atoms with Gasteiger partial charge in [0.1, 0.15) is 0 Å². The maximum absolute atomic E-state index is 11.6. The number of amides is 2. The van der Waals surface area contributed by atoms with E-state index in [2.05, 4.69) is 10.6 Å². The van der Waals surface area contributed by atoms with Crippen molar-refractivity contribution in [1.29, 1.82) is 0 Å². The summed E-state index contributed by atoms with van der Waals surface area (Å²) in [6.45, 7) is 0.470. The minimum absolute atomic E-state index is 0.100. The maximum atomic E-state index is 11.6. The second kappa shape index (κ2) is 5.92. The minimum atomic E-state index is -0.100. The number of hydrogen-bond donors (Lipinski definition) is 2. The van der Waals surface area contributed by atoms with Crippen LogP contribution < -0.4 is 10.6 Å². The Kier molecular flexibility index (Phi) is 4.26. The first-order chi connectivity index (χ1) is 8.25. The smallest absolute Gasteiger partial charge is 0.315 e. The molecule has 0 aromatic heterocycles. The Balaban J connectivity index is 1.77. The molecule has 0 bridgehead atoms. The van der Waals surface area contributed by atoms with E-state index in [4.69, 9.17) is 11.6 Å². The number of nitrogens with one attached hydrogen (secondary N) is 2. The lowest BCUT2D eigenvalue weighted by Crippen LogP contribution is -2.40. The summed E-state index contributed by atoms with van der Waals surface area (Å²) in [7, 11) is 0. The Morgan fingerprint density at radius 3 is 2.71 bits per heavy atom. The van der Waals surface area contributed by atoms with E-state index in [-0.39, 0.29) is 6.03 Å². The van der Waals surface area contributed by atoms with Crippen LogP contribution in [0.25, 0.3) is 0 Å². The highest BCUT2D eigenvalue weighted by atomic mass is 35.5. The van der Waals surface area contributed by atoms with Crippen LogP contribution in [0.15, 0.2) is 24.3 Å². The van der Waals surface area contributed by atoms with E-state index in [1.807, 2.05) is 24.3 Å². The van der Waals surface area contributed by atoms with Crippen LogP contribution in [0.1, 0.15) is 31.2 Å². The normalized spacial score (nSPS) is 15.8. The fourth-order valence-corrected chi connectivity index (χ4v) is 2.33. The summed E-state index contributed by atoms with van der Waals surface area (Å²) in [5.74, 6) is 0. The van der Waals surface area contributed by atoms with E-state index in [0.29, 0.717) is 17.6 Å². The molecule has 17 heavy (non-hydrogen) atoms. The van der Waals surface area contributed by atoms with Gasteiger partial charge in [-0.1, -0.05) is 42.6 Å². The molecule has 0 radical (unpaired) electrons. The molecule has 2 N–H and O–H groups in total. The molecule has 0 atom stereocenters. The third-order valence-corrected chi connectivity index (χ3v) is 3.46. The van der Waals surface area contributed by atoms with E-state index in [0.717, 1.165) is 18.4 Å². The van der Waals surface area contributed by atoms with Crippen LogP contribution in [0, 0.1) is 0 Å². The zero-order chi connectivity index (χ0) is 12.1. The Hall–Kier alpha value is -1.22. The molecule has 1 aliphatic rings. The molecule has 2 rings (SSSR count). The van der Waals surface area contributed by atoms with E-state index in [9.17, 15) is 4.79 Å². The predicted octanol–water partition coefficient (Wildman–Crippen LogP) is 3.08. The Labute approximate surface area is 107 Å². The average molecular weight is 253 g/mol. The van der Waals surface area contributed by atoms with Crippen molar-refractivity contribution >= 4 is 17.6 Å². The molecular formula is C13H17ClN2O. The van der Waals surface area contributed by atoms with Gasteiger partial charge in [-0.25, -0.2) is 4.79 Å². The van der Waals surface area contributed by atoms with Crippen LogP contribution in [0.3, 0.4) is 0 Å². The number of benzene rings is 1. The first-order valence-corrected chi connectivity index (χ1v) is 6.41. The van der Waals surface area contributed by atoms with Gasteiger partial charge in [0.15, 0.2) is 0 Å². The van der Waals surface area contributed by atoms with E-state index < -0.39 is 0 Å². The molecule has 0 unspecified atom stereocenters. The molecule has 0 saturated heterocycles. The lowest BCUT2D eigenvalue weighted by atomic mass is 10.2. The van der Waals surface area contributed by atoms with Gasteiger partial charge in [0.25, 0.3) is 0 Å². The molecule has 1 saturated carbocycles. The standard InChI is InChI=1S/C13H17ClN2O/c14-12-8-4-1-5-10(12)9-15-13(17)16-11-6-2-3-7-11/h1,4-5,8,11H,2-3,6-7,9H2,(H2,15,16,17). The van der Waals surface area contributed by atoms with Crippen molar-refractivity contribution in [3.8, 4) is 0 Å². The number of carbonyl (C=O) groups excluding carboxylic acids is 1. The van der Waals surface area contributed by atoms with Crippen molar-refractivity contribution < 1.29 is 4.79 Å². The van der Waals surface area contributed by atoms with Gasteiger partial charge in [0, 0.05) is 17.6 Å². The Morgan fingerprint density at radius 1 is 1.29 bits per heavy atom. The molecule has 92 valence electrons. The largest absolute Gasteiger partial charge is 0.335 e. The Bertz CT molecular complexity index is 389. The summed E-state index contributed by atoms with van der Waals surface area (Å²) in [6, 6.07) is 7.78. The molecule has 3 nitrogen and oxygen atoms in total. The summed E-state index contributed by atoms with van der Waals surface area (Å²) < 4.78 is 0. The molecule has 4 heteroatoms. The monoisotopic (exact) mass is 252 g/mol. The highest BCUT2D eigenvalue weighted by Gasteiger charge is 2.16. The maximum Gasteiger partial charge on any atom is 0.315 e. The first-order valence-electron chi connectivity index (χ1n) is 6.03. The van der Waals surface area contributed by atoms with Gasteiger partial charge in [0.05, 0.1) is 0 Å². The number of halogens is 1. The van der Waals surface area contributed by atoms with Crippen molar-refractivity contribution in [3.63, 3.8) is 0 Å². The van der Waals surface area contributed by atoms with E-state index >= 15 is 0 Å². The van der Waals surface area contributed by atoms with Gasteiger partial charge >= 0.3 is 6.03 Å². The number of hydrogen-bond acceptors (Lipinski definition) is 1. The van der Waals surface area contributed by atoms with Crippen LogP contribution in [-0.4, -0.2) is 12.1 Å². The van der Waals surface area contributed by atoms with E-state index in [1.165, 1.54) is 12.8 Å². The van der Waals surface area contributed by atoms with Crippen LogP contribution >= 0.6 is 11.6 Å². The molecular weight excluding hydrogens is 236 g/mol. The molecule has 0 aliphatic heterocycles. The van der Waals surface area contributed by atoms with Crippen molar-refractivity contribution in [2.45, 2.75) is 38.3 Å². The predicted molar refractivity (Wildman–Crippen MR) is 69.1 cm³/mol. The number of urea groups is 1. The first kappa shape index (κ1) is 12.2. The lowest BCUT2D eigenvalue weighted by molar-refractivity contribution is 0.236. The average Bonchev–Trinajstić information content (AvgIpc) is 2.81. The van der Waals surface area contributed by atoms with Crippen LogP contribution in [-0.2, 0) is 6.54 Å². The van der Waals surface area contributed by atoms with Gasteiger partial charge in [0.2, 0.25) is 0 Å². The third kappa shape index (κ3) is 3.63. The molecule has 1 aromatic rings. The van der Waals surface area contributed by atoms with Gasteiger partial charge in [-0.3, -0.25) is 0 Å². The fraction of sp³-hybridized carbons (Fsp3) is 0.462. The van der Waals surface area contributed by atoms with Gasteiger partial charge < -0.3 is 10.6 Å². The summed E-state index contributed by atoms with van der Waals surface area (Å²) in [4.78, 5) is 11.6. The molecule has 2 amide bonds. The number of rotatable bonds is 3. The third-order valence-electron chi connectivity index (χ3n) is 3.09. The number of carbonyl (C=O) groups is 1. The van der Waals surface area contributed by atoms with Crippen molar-refractivity contribution in [2.75, 3.05) is 0 Å². The fourth-order valence-electron chi connectivity index (χ4n) is 2.12. The molecule has 0 spiro atoms. The quantitative estimate of drug-likeness (QED) is 0.853. The van der Waals surface area contributed by atoms with Gasteiger partial charge in [-0.2, -0.15) is 0 Å². The highest BCUT2D eigenvalue weighted by molar-refractivity contribution is 6.31. The topological polar surface area (TPSA) is 41.1 Å². The molecule has 1 aliphatic carbocycles. The summed E-state index contributed by atoms with van der Waals surface area (Å²) >= 11 is 6.01. The zero-order valence-electron chi connectivity index (χ0n) is 9.71. The van der Waals surface area contributed by atoms with Crippen LogP contribution in [0.5, 0.6) is 0 Å². The van der Waals surface area contributed by atoms with Crippen molar-refractivity contribution in [2.24, 2.45) is 0 Å². The van der Waals surface area contributed by atoms with Crippen LogP contribution in [0.4, 0.5) is 4.79 Å². The second-order valence-electron chi connectivity index (χ2n) is 4.40. The minimum Gasteiger partial charge on any atom is -0.335 e. The molecule has 0 heterocycles. The highest BCUT2D eigenvalue weighted by Crippen LogP contribution is 2.17. The molecule has 1 fully saturated rings. The SMILES string of the molecule is O=C(NCc1ccccc1Cl)NC1CCCC1.